The molecule has 1 atom stereocenters. The molecule has 4 heteroatoms. The van der Waals surface area contributed by atoms with E-state index in [9.17, 15) is 4.79 Å². The Balaban J connectivity index is 2.33. The molecule has 0 fully saturated rings. The van der Waals surface area contributed by atoms with Gasteiger partial charge in [0, 0.05) is 6.54 Å². The predicted molar refractivity (Wildman–Crippen MR) is 68.2 cm³/mol. The summed E-state index contributed by atoms with van der Waals surface area (Å²) in [6.45, 7) is 2.49. The summed E-state index contributed by atoms with van der Waals surface area (Å²) in [4.78, 5) is 11.5. The van der Waals surface area contributed by atoms with Gasteiger partial charge in [-0.25, -0.2) is 0 Å². The molecule has 2 N–H and O–H groups in total. The Bertz CT molecular complexity index is 349. The van der Waals surface area contributed by atoms with Crippen LogP contribution in [0.1, 0.15) is 12.5 Å². The van der Waals surface area contributed by atoms with Crippen molar-refractivity contribution in [1.82, 2.24) is 10.6 Å². The molecule has 0 bridgehead atoms. The molecule has 0 aliphatic carbocycles. The first-order valence-corrected chi connectivity index (χ1v) is 5.75. The van der Waals surface area contributed by atoms with E-state index in [0.29, 0.717) is 6.54 Å². The van der Waals surface area contributed by atoms with E-state index in [0.717, 1.165) is 12.2 Å². The van der Waals surface area contributed by atoms with Gasteiger partial charge in [-0.05, 0) is 38.1 Å². The largest absolute Gasteiger partial charge is 0.497 e. The molecule has 1 amide bonds. The highest BCUT2D eigenvalue weighted by molar-refractivity contribution is 5.81. The third-order valence-electron chi connectivity index (χ3n) is 2.70. The summed E-state index contributed by atoms with van der Waals surface area (Å²) < 4.78 is 5.08. The lowest BCUT2D eigenvalue weighted by Crippen LogP contribution is -2.41. The van der Waals surface area contributed by atoms with Gasteiger partial charge in [-0.15, -0.1) is 0 Å². The van der Waals surface area contributed by atoms with Crippen LogP contribution in [0.5, 0.6) is 5.75 Å². The maximum atomic E-state index is 11.5. The molecule has 0 aromatic heterocycles. The van der Waals surface area contributed by atoms with Crippen molar-refractivity contribution in [3.63, 3.8) is 0 Å². The van der Waals surface area contributed by atoms with Gasteiger partial charge in [-0.1, -0.05) is 12.1 Å². The summed E-state index contributed by atoms with van der Waals surface area (Å²) in [6.07, 6.45) is 0.826. The fourth-order valence-electron chi connectivity index (χ4n) is 1.41. The van der Waals surface area contributed by atoms with Crippen LogP contribution in [0.15, 0.2) is 24.3 Å². The lowest BCUT2D eigenvalue weighted by atomic mass is 10.1. The summed E-state index contributed by atoms with van der Waals surface area (Å²) >= 11 is 0. The normalized spacial score (nSPS) is 11.9. The van der Waals surface area contributed by atoms with Gasteiger partial charge in [0.25, 0.3) is 0 Å². The lowest BCUT2D eigenvalue weighted by Gasteiger charge is -2.11. The third kappa shape index (κ3) is 4.44. The molecular formula is C13H20N2O2. The van der Waals surface area contributed by atoms with Gasteiger partial charge in [0.2, 0.25) is 5.91 Å². The van der Waals surface area contributed by atoms with Crippen LogP contribution in [0.2, 0.25) is 0 Å². The second-order valence-electron chi connectivity index (χ2n) is 3.90. The van der Waals surface area contributed by atoms with Crippen molar-refractivity contribution in [3.05, 3.63) is 29.8 Å². The molecule has 0 aliphatic heterocycles. The zero-order valence-electron chi connectivity index (χ0n) is 10.6. The zero-order valence-corrected chi connectivity index (χ0v) is 10.6. The van der Waals surface area contributed by atoms with E-state index in [-0.39, 0.29) is 11.9 Å². The average Bonchev–Trinajstić information content (AvgIpc) is 2.38. The highest BCUT2D eigenvalue weighted by Gasteiger charge is 2.08. The fraction of sp³-hybridized carbons (Fsp3) is 0.462. The highest BCUT2D eigenvalue weighted by atomic mass is 16.5. The summed E-state index contributed by atoms with van der Waals surface area (Å²) in [5.74, 6) is 0.877. The van der Waals surface area contributed by atoms with E-state index < -0.39 is 0 Å². The Morgan fingerprint density at radius 3 is 2.53 bits per heavy atom. The van der Waals surface area contributed by atoms with Crippen molar-refractivity contribution >= 4 is 5.91 Å². The van der Waals surface area contributed by atoms with Gasteiger partial charge >= 0.3 is 0 Å². The number of hydrogen-bond acceptors (Lipinski definition) is 3. The molecule has 0 heterocycles. The van der Waals surface area contributed by atoms with Gasteiger partial charge < -0.3 is 15.4 Å². The summed E-state index contributed by atoms with van der Waals surface area (Å²) in [6, 6.07) is 7.71. The number of likely N-dealkylation sites (N-methyl/N-ethyl adjacent to an activating group) is 1. The molecule has 4 nitrogen and oxygen atoms in total. The monoisotopic (exact) mass is 236 g/mol. The van der Waals surface area contributed by atoms with Crippen LogP contribution in [0.4, 0.5) is 0 Å². The number of amides is 1. The molecule has 0 radical (unpaired) electrons. The molecule has 0 saturated heterocycles. The van der Waals surface area contributed by atoms with Gasteiger partial charge in [0.15, 0.2) is 0 Å². The molecule has 1 aromatic carbocycles. The molecule has 94 valence electrons. The van der Waals surface area contributed by atoms with Crippen molar-refractivity contribution < 1.29 is 9.53 Å². The average molecular weight is 236 g/mol. The number of carbonyl (C=O) groups is 1. The first-order valence-electron chi connectivity index (χ1n) is 5.75. The fourth-order valence-corrected chi connectivity index (χ4v) is 1.41. The molecule has 0 saturated carbocycles. The Kier molecular flexibility index (Phi) is 5.49. The van der Waals surface area contributed by atoms with Crippen molar-refractivity contribution in [2.24, 2.45) is 0 Å². The smallest absolute Gasteiger partial charge is 0.236 e. The van der Waals surface area contributed by atoms with Crippen LogP contribution in [0.25, 0.3) is 0 Å². The summed E-state index contributed by atoms with van der Waals surface area (Å²) in [5.41, 5.74) is 1.18. The maximum absolute atomic E-state index is 11.5. The Labute approximate surface area is 102 Å². The Morgan fingerprint density at radius 2 is 2.00 bits per heavy atom. The first-order chi connectivity index (χ1) is 8.17. The number of carbonyl (C=O) groups excluding carboxylic acids is 1. The molecule has 17 heavy (non-hydrogen) atoms. The minimum absolute atomic E-state index is 0.0287. The van der Waals surface area contributed by atoms with Crippen LogP contribution < -0.4 is 15.4 Å². The van der Waals surface area contributed by atoms with Gasteiger partial charge in [0.05, 0.1) is 13.2 Å². The van der Waals surface area contributed by atoms with Crippen molar-refractivity contribution in [2.75, 3.05) is 20.7 Å². The second-order valence-corrected chi connectivity index (χ2v) is 3.90. The van der Waals surface area contributed by atoms with E-state index in [1.54, 1.807) is 14.2 Å². The van der Waals surface area contributed by atoms with Crippen LogP contribution in [0.3, 0.4) is 0 Å². The van der Waals surface area contributed by atoms with Gasteiger partial charge in [-0.2, -0.15) is 0 Å². The molecule has 1 rings (SSSR count). The highest BCUT2D eigenvalue weighted by Crippen LogP contribution is 2.11. The topological polar surface area (TPSA) is 50.4 Å². The minimum Gasteiger partial charge on any atom is -0.497 e. The van der Waals surface area contributed by atoms with E-state index in [4.69, 9.17) is 4.74 Å². The van der Waals surface area contributed by atoms with Crippen LogP contribution in [-0.2, 0) is 11.2 Å². The number of methoxy groups -OCH3 is 1. The Morgan fingerprint density at radius 1 is 1.35 bits per heavy atom. The van der Waals surface area contributed by atoms with Crippen molar-refractivity contribution in [1.29, 1.82) is 0 Å². The number of hydrogen-bond donors (Lipinski definition) is 2. The van der Waals surface area contributed by atoms with E-state index >= 15 is 0 Å². The zero-order chi connectivity index (χ0) is 12.7. The van der Waals surface area contributed by atoms with Crippen LogP contribution in [-0.4, -0.2) is 32.7 Å². The minimum atomic E-state index is -0.147. The van der Waals surface area contributed by atoms with E-state index in [1.807, 2.05) is 31.2 Å². The lowest BCUT2D eigenvalue weighted by molar-refractivity contribution is -0.122. The number of nitrogens with one attached hydrogen (secondary N) is 2. The molecule has 0 aliphatic rings. The Hall–Kier alpha value is -1.55. The quantitative estimate of drug-likeness (QED) is 0.773. The van der Waals surface area contributed by atoms with Gasteiger partial charge in [-0.3, -0.25) is 4.79 Å². The number of benzene rings is 1. The van der Waals surface area contributed by atoms with Crippen LogP contribution in [0, 0.1) is 0 Å². The maximum Gasteiger partial charge on any atom is 0.236 e. The summed E-state index contributed by atoms with van der Waals surface area (Å²) in [5, 5.41) is 5.78. The summed E-state index contributed by atoms with van der Waals surface area (Å²) in [7, 11) is 3.42. The van der Waals surface area contributed by atoms with Crippen LogP contribution >= 0.6 is 0 Å². The molecular weight excluding hydrogens is 216 g/mol. The molecule has 0 spiro atoms. The predicted octanol–water partition coefficient (Wildman–Crippen LogP) is 0.962. The second kappa shape index (κ2) is 6.91. The standard InChI is InChI=1S/C13H20N2O2/c1-10(14-2)13(16)15-9-8-11-4-6-12(17-3)7-5-11/h4-7,10,14H,8-9H2,1-3H3,(H,15,16). The third-order valence-corrected chi connectivity index (χ3v) is 2.70. The molecule has 1 unspecified atom stereocenters. The van der Waals surface area contributed by atoms with E-state index in [2.05, 4.69) is 10.6 Å². The first kappa shape index (κ1) is 13.5. The number of rotatable bonds is 6. The SMILES string of the molecule is CNC(C)C(=O)NCCc1ccc(OC)cc1. The van der Waals surface area contributed by atoms with Crippen molar-refractivity contribution in [2.45, 2.75) is 19.4 Å². The van der Waals surface area contributed by atoms with Crippen molar-refractivity contribution in [3.8, 4) is 5.75 Å². The van der Waals surface area contributed by atoms with E-state index in [1.165, 1.54) is 5.56 Å². The van der Waals surface area contributed by atoms with Gasteiger partial charge in [0.1, 0.15) is 5.75 Å². The molecule has 1 aromatic rings. The number of ether oxygens (including phenoxy) is 1.